The Morgan fingerprint density at radius 3 is 2.57 bits per heavy atom. The van der Waals surface area contributed by atoms with Gasteiger partial charge < -0.3 is 20.3 Å². The van der Waals surface area contributed by atoms with E-state index in [1.807, 2.05) is 25.3 Å². The first-order chi connectivity index (χ1) is 12.7. The van der Waals surface area contributed by atoms with E-state index in [0.29, 0.717) is 19.0 Å². The van der Waals surface area contributed by atoms with Crippen molar-refractivity contribution < 1.29 is 18.3 Å². The summed E-state index contributed by atoms with van der Waals surface area (Å²) in [5.41, 5.74) is -1.92. The number of thiophene rings is 1. The Morgan fingerprint density at radius 1 is 1.36 bits per heavy atom. The minimum absolute atomic E-state index is 0. The number of hydrogen-bond acceptors (Lipinski definition) is 4. The molecule has 6 nitrogen and oxygen atoms in total. The van der Waals surface area contributed by atoms with E-state index >= 15 is 0 Å². The van der Waals surface area contributed by atoms with Gasteiger partial charge in [0.25, 0.3) is 0 Å². The summed E-state index contributed by atoms with van der Waals surface area (Å²) in [6, 6.07) is 1.99. The largest absolute Gasteiger partial charge is 0.424 e. The highest BCUT2D eigenvalue weighted by atomic mass is 127. The Morgan fingerprint density at radius 2 is 2.07 bits per heavy atom. The highest BCUT2D eigenvalue weighted by molar-refractivity contribution is 14.0. The fourth-order valence-electron chi connectivity index (χ4n) is 2.56. The molecule has 0 fully saturated rings. The highest BCUT2D eigenvalue weighted by Gasteiger charge is 2.57. The van der Waals surface area contributed by atoms with E-state index < -0.39 is 24.0 Å². The molecule has 11 heteroatoms. The van der Waals surface area contributed by atoms with Crippen molar-refractivity contribution in [1.29, 1.82) is 0 Å². The van der Waals surface area contributed by atoms with Crippen LogP contribution in [0.4, 0.5) is 13.2 Å². The van der Waals surface area contributed by atoms with Gasteiger partial charge in [-0.2, -0.15) is 13.2 Å². The van der Waals surface area contributed by atoms with Crippen molar-refractivity contribution in [2.75, 3.05) is 13.1 Å². The van der Waals surface area contributed by atoms with Gasteiger partial charge in [-0.15, -0.1) is 35.3 Å². The first-order valence-electron chi connectivity index (χ1n) is 8.51. The van der Waals surface area contributed by atoms with Crippen molar-refractivity contribution >= 4 is 41.3 Å². The van der Waals surface area contributed by atoms with Gasteiger partial charge in [0.05, 0.1) is 6.54 Å². The Labute approximate surface area is 183 Å². The minimum Gasteiger partial charge on any atom is -0.374 e. The SMILES string of the molecule is CCNC(=NCc1sccc1C)NCCC(O)(c1nccn1C)C(F)(F)F.I. The Kier molecular flexibility index (Phi) is 9.21. The summed E-state index contributed by atoms with van der Waals surface area (Å²) in [4.78, 5) is 9.18. The molecule has 158 valence electrons. The summed E-state index contributed by atoms with van der Waals surface area (Å²) in [6.07, 6.45) is -2.84. The second-order valence-corrected chi connectivity index (χ2v) is 7.12. The lowest BCUT2D eigenvalue weighted by Gasteiger charge is -2.30. The number of nitrogens with one attached hydrogen (secondary N) is 2. The summed E-state index contributed by atoms with van der Waals surface area (Å²) in [6.45, 7) is 4.73. The predicted octanol–water partition coefficient (Wildman–Crippen LogP) is 3.30. The lowest BCUT2D eigenvalue weighted by molar-refractivity contribution is -0.272. The van der Waals surface area contributed by atoms with Gasteiger partial charge in [0.1, 0.15) is 5.82 Å². The normalized spacial score (nSPS) is 14.3. The van der Waals surface area contributed by atoms with E-state index in [-0.39, 0.29) is 30.5 Å². The predicted molar refractivity (Wildman–Crippen MR) is 115 cm³/mol. The van der Waals surface area contributed by atoms with Crippen LogP contribution in [0.1, 0.15) is 29.6 Å². The van der Waals surface area contributed by atoms with Crippen LogP contribution < -0.4 is 10.6 Å². The highest BCUT2D eigenvalue weighted by Crippen LogP contribution is 2.40. The third-order valence-electron chi connectivity index (χ3n) is 4.13. The number of nitrogens with zero attached hydrogens (tertiary/aromatic N) is 3. The van der Waals surface area contributed by atoms with Crippen LogP contribution in [0.2, 0.25) is 0 Å². The molecule has 1 unspecified atom stereocenters. The Hall–Kier alpha value is -1.34. The van der Waals surface area contributed by atoms with Crippen LogP contribution in [-0.4, -0.2) is 39.9 Å². The van der Waals surface area contributed by atoms with Gasteiger partial charge in [-0.05, 0) is 30.9 Å². The van der Waals surface area contributed by atoms with Crippen LogP contribution in [0.15, 0.2) is 28.8 Å². The van der Waals surface area contributed by atoms with E-state index in [1.54, 1.807) is 11.3 Å². The third-order valence-corrected chi connectivity index (χ3v) is 5.14. The van der Waals surface area contributed by atoms with Crippen LogP contribution >= 0.6 is 35.3 Å². The van der Waals surface area contributed by atoms with Crippen molar-refractivity contribution in [1.82, 2.24) is 20.2 Å². The molecule has 2 rings (SSSR count). The Bertz CT molecular complexity index is 777. The maximum Gasteiger partial charge on any atom is 0.424 e. The summed E-state index contributed by atoms with van der Waals surface area (Å²) >= 11 is 1.58. The fourth-order valence-corrected chi connectivity index (χ4v) is 3.39. The quantitative estimate of drug-likeness (QED) is 0.291. The summed E-state index contributed by atoms with van der Waals surface area (Å²) < 4.78 is 41.7. The molecule has 0 saturated heterocycles. The zero-order valence-electron chi connectivity index (χ0n) is 15.9. The average Bonchev–Trinajstić information content (AvgIpc) is 3.19. The molecule has 0 amide bonds. The van der Waals surface area contributed by atoms with Crippen LogP contribution in [0.25, 0.3) is 0 Å². The molecule has 0 aliphatic heterocycles. The van der Waals surface area contributed by atoms with Crippen molar-refractivity contribution in [3.05, 3.63) is 40.1 Å². The molecule has 0 aliphatic rings. The van der Waals surface area contributed by atoms with E-state index in [0.717, 1.165) is 10.4 Å². The average molecular weight is 531 g/mol. The van der Waals surface area contributed by atoms with Crippen molar-refractivity contribution in [3.63, 3.8) is 0 Å². The second-order valence-electron chi connectivity index (χ2n) is 6.12. The molecule has 2 heterocycles. The molecule has 2 aromatic heterocycles. The van der Waals surface area contributed by atoms with E-state index in [1.165, 1.54) is 24.0 Å². The first kappa shape index (κ1) is 24.7. The standard InChI is InChI=1S/C17H24F3N5OS.HI/c1-4-21-15(24-11-13-12(2)5-10-27-13)23-7-6-16(26,17(18,19)20)14-22-8-9-25(14)3;/h5,8-10,26H,4,6-7,11H2,1-3H3,(H2,21,23,24);1H. The van der Waals surface area contributed by atoms with Crippen LogP contribution in [0.3, 0.4) is 0 Å². The summed E-state index contributed by atoms with van der Waals surface area (Å²) in [5.74, 6) is -0.0392. The molecule has 2 aromatic rings. The molecule has 0 bridgehead atoms. The zero-order chi connectivity index (χ0) is 20.1. The number of guanidine groups is 1. The molecular formula is C17H25F3IN5OS. The van der Waals surface area contributed by atoms with Gasteiger partial charge in [0.15, 0.2) is 5.96 Å². The fraction of sp³-hybridized carbons (Fsp3) is 0.529. The number of halogens is 4. The Balaban J connectivity index is 0.00000392. The number of aliphatic imine (C=N–C) groups is 1. The van der Waals surface area contributed by atoms with Crippen LogP contribution in [0, 0.1) is 6.92 Å². The molecule has 0 aliphatic carbocycles. The van der Waals surface area contributed by atoms with Gasteiger partial charge in [0, 0.05) is 43.8 Å². The molecular weight excluding hydrogens is 506 g/mol. The first-order valence-corrected chi connectivity index (χ1v) is 9.39. The zero-order valence-corrected chi connectivity index (χ0v) is 19.0. The smallest absolute Gasteiger partial charge is 0.374 e. The number of aliphatic hydroxyl groups is 1. The van der Waals surface area contributed by atoms with Crippen molar-refractivity contribution in [2.24, 2.45) is 12.0 Å². The lowest BCUT2D eigenvalue weighted by Crippen LogP contribution is -2.47. The molecule has 0 saturated carbocycles. The van der Waals surface area contributed by atoms with Gasteiger partial charge in [-0.25, -0.2) is 9.98 Å². The number of rotatable bonds is 7. The maximum absolute atomic E-state index is 13.5. The topological polar surface area (TPSA) is 74.5 Å². The van der Waals surface area contributed by atoms with E-state index in [4.69, 9.17) is 0 Å². The van der Waals surface area contributed by atoms with Crippen molar-refractivity contribution in [2.45, 2.75) is 38.6 Å². The molecule has 0 spiro atoms. The van der Waals surface area contributed by atoms with E-state index in [9.17, 15) is 18.3 Å². The van der Waals surface area contributed by atoms with Gasteiger partial charge in [0.2, 0.25) is 5.60 Å². The van der Waals surface area contributed by atoms with E-state index in [2.05, 4.69) is 20.6 Å². The number of imidazole rings is 1. The lowest BCUT2D eigenvalue weighted by atomic mass is 9.97. The molecule has 0 aromatic carbocycles. The molecule has 0 radical (unpaired) electrons. The van der Waals surface area contributed by atoms with Crippen molar-refractivity contribution in [3.8, 4) is 0 Å². The van der Waals surface area contributed by atoms with Gasteiger partial charge in [-0.3, -0.25) is 0 Å². The number of hydrogen-bond donors (Lipinski definition) is 3. The maximum atomic E-state index is 13.5. The second kappa shape index (κ2) is 10.4. The monoisotopic (exact) mass is 531 g/mol. The van der Waals surface area contributed by atoms with Gasteiger partial charge >= 0.3 is 6.18 Å². The van der Waals surface area contributed by atoms with Gasteiger partial charge in [-0.1, -0.05) is 0 Å². The van der Waals surface area contributed by atoms with Crippen LogP contribution in [-0.2, 0) is 19.2 Å². The third kappa shape index (κ3) is 5.83. The summed E-state index contributed by atoms with van der Waals surface area (Å²) in [7, 11) is 1.42. The minimum atomic E-state index is -4.85. The number of aromatic nitrogens is 2. The van der Waals surface area contributed by atoms with Crippen LogP contribution in [0.5, 0.6) is 0 Å². The molecule has 3 N–H and O–H groups in total. The summed E-state index contributed by atoms with van der Waals surface area (Å²) in [5, 5.41) is 18.2. The molecule has 28 heavy (non-hydrogen) atoms. The number of alkyl halides is 3. The molecule has 1 atom stereocenters. The number of aryl methyl sites for hydroxylation is 2.